The van der Waals surface area contributed by atoms with Crippen LogP contribution in [0.2, 0.25) is 0 Å². The molecule has 23 nitrogen and oxygen atoms in total. The van der Waals surface area contributed by atoms with Gasteiger partial charge in [0.05, 0.1) is 38.3 Å². The van der Waals surface area contributed by atoms with Crippen molar-refractivity contribution in [2.75, 3.05) is 32.2 Å². The van der Waals surface area contributed by atoms with Crippen molar-refractivity contribution in [1.29, 1.82) is 0 Å². The number of aliphatic hydroxyl groups is 5. The summed E-state index contributed by atoms with van der Waals surface area (Å²) in [4.78, 5) is 57.3. The zero-order valence-corrected chi connectivity index (χ0v) is 22.5. The van der Waals surface area contributed by atoms with Gasteiger partial charge in [0.15, 0.2) is 17.4 Å². The zero-order valence-electron chi connectivity index (χ0n) is 19.8. The molecule has 2 unspecified atom stereocenters. The third-order valence-electron chi connectivity index (χ3n) is 4.82. The Labute approximate surface area is 222 Å². The van der Waals surface area contributed by atoms with Gasteiger partial charge in [-0.2, -0.15) is 13.6 Å². The quantitative estimate of drug-likeness (QED) is 0.102. The highest BCUT2D eigenvalue weighted by molar-refractivity contribution is 7.66. The molecule has 6 atom stereocenters. The van der Waals surface area contributed by atoms with Gasteiger partial charge in [-0.25, -0.2) is 18.7 Å². The fraction of sp³-hybridized carbons (Fsp3) is 0.643. The molecule has 1 saturated heterocycles. The first-order chi connectivity index (χ1) is 18.3. The Morgan fingerprint density at radius 1 is 1.02 bits per heavy atom. The summed E-state index contributed by atoms with van der Waals surface area (Å²) in [6.45, 7) is -2.22. The number of nitrogen functional groups attached to an aromatic ring is 1. The maximum absolute atomic E-state index is 11.9. The van der Waals surface area contributed by atoms with Gasteiger partial charge < -0.3 is 61.3 Å². The third-order valence-corrected chi connectivity index (χ3v) is 8.63. The van der Waals surface area contributed by atoms with E-state index in [1.165, 1.54) is 0 Å². The van der Waals surface area contributed by atoms with E-state index < -0.39 is 85.5 Å². The van der Waals surface area contributed by atoms with Crippen molar-refractivity contribution in [2.45, 2.75) is 30.1 Å². The SMILES string of the molecule is NC(CO)(CO)CO.Nc1nc2c(ncn2[C@@H]2O[C@H](COP(=O)(O)OP(=O)(O)OP(=O)(O)O)[C@@H](O)[C@H]2O)c(=O)[nH]1. The fourth-order valence-corrected chi connectivity index (χ4v) is 5.88. The number of hydrogen-bond acceptors (Lipinski definition) is 17. The Bertz CT molecular complexity index is 1350. The maximum atomic E-state index is 11.9. The number of H-pyrrole nitrogens is 1. The van der Waals surface area contributed by atoms with E-state index in [0.29, 0.717) is 0 Å². The van der Waals surface area contributed by atoms with Gasteiger partial charge in [-0.3, -0.25) is 18.9 Å². The van der Waals surface area contributed by atoms with Crippen molar-refractivity contribution in [1.82, 2.24) is 19.5 Å². The van der Waals surface area contributed by atoms with Crippen LogP contribution in [0.4, 0.5) is 5.95 Å². The zero-order chi connectivity index (χ0) is 30.7. The van der Waals surface area contributed by atoms with Gasteiger partial charge in [-0.15, -0.1) is 0 Å². The van der Waals surface area contributed by atoms with Crippen LogP contribution in [0.5, 0.6) is 0 Å². The van der Waals surface area contributed by atoms with Crippen molar-refractivity contribution in [3.8, 4) is 0 Å². The fourth-order valence-electron chi connectivity index (χ4n) is 2.85. The monoisotopic (exact) mass is 644 g/mol. The molecule has 14 N–H and O–H groups in total. The molecule has 1 aliphatic rings. The number of anilines is 1. The highest BCUT2D eigenvalue weighted by Crippen LogP contribution is 2.66. The van der Waals surface area contributed by atoms with Gasteiger partial charge in [-0.05, 0) is 0 Å². The van der Waals surface area contributed by atoms with Gasteiger partial charge in [0.1, 0.15) is 18.3 Å². The van der Waals surface area contributed by atoms with Crippen molar-refractivity contribution >= 4 is 40.6 Å². The molecule has 0 radical (unpaired) electrons. The van der Waals surface area contributed by atoms with Gasteiger partial charge in [0.25, 0.3) is 5.56 Å². The number of nitrogens with two attached hydrogens (primary N) is 2. The van der Waals surface area contributed by atoms with Crippen LogP contribution in [0, 0.1) is 0 Å². The van der Waals surface area contributed by atoms with E-state index in [1.54, 1.807) is 0 Å². The number of nitrogens with zero attached hydrogens (tertiary/aromatic N) is 3. The van der Waals surface area contributed by atoms with Gasteiger partial charge in [-0.1, -0.05) is 0 Å². The number of ether oxygens (including phenoxy) is 1. The summed E-state index contributed by atoms with van der Waals surface area (Å²) < 4.78 is 51.6. The lowest BCUT2D eigenvalue weighted by atomic mass is 10.1. The Kier molecular flexibility index (Phi) is 11.3. The van der Waals surface area contributed by atoms with Gasteiger partial charge >= 0.3 is 23.5 Å². The minimum atomic E-state index is -5.73. The number of nitrogens with one attached hydrogen (secondary N) is 1. The molecule has 3 heterocycles. The molecular formula is C14H27N6O17P3. The average molecular weight is 644 g/mol. The summed E-state index contributed by atoms with van der Waals surface area (Å²) in [7, 11) is -16.8. The summed E-state index contributed by atoms with van der Waals surface area (Å²) in [5, 5.41) is 45.4. The second-order valence-corrected chi connectivity index (χ2v) is 12.5. The number of aromatic amines is 1. The molecule has 0 saturated carbocycles. The highest BCUT2D eigenvalue weighted by Gasteiger charge is 2.47. The molecule has 0 spiro atoms. The number of aliphatic hydroxyl groups excluding tert-OH is 5. The summed E-state index contributed by atoms with van der Waals surface area (Å²) in [5.74, 6) is -0.276. The van der Waals surface area contributed by atoms with E-state index in [4.69, 9.17) is 46.2 Å². The first-order valence-electron chi connectivity index (χ1n) is 10.4. The van der Waals surface area contributed by atoms with Crippen LogP contribution < -0.4 is 17.0 Å². The molecule has 26 heteroatoms. The Balaban J connectivity index is 0.000000611. The smallest absolute Gasteiger partial charge is 0.394 e. The van der Waals surface area contributed by atoms with Crippen LogP contribution in [0.1, 0.15) is 6.23 Å². The number of rotatable bonds is 11. The van der Waals surface area contributed by atoms with Crippen molar-refractivity contribution in [2.24, 2.45) is 5.73 Å². The molecule has 3 rings (SSSR count). The molecule has 0 bridgehead atoms. The number of hydrogen-bond donors (Lipinski definition) is 12. The second-order valence-electron chi connectivity index (χ2n) is 8.04. The third kappa shape index (κ3) is 9.14. The first kappa shape index (κ1) is 34.5. The van der Waals surface area contributed by atoms with Crippen LogP contribution in [-0.4, -0.2) is 115 Å². The Hall–Kier alpha value is -1.72. The van der Waals surface area contributed by atoms with E-state index in [0.717, 1.165) is 10.9 Å². The lowest BCUT2D eigenvalue weighted by Crippen LogP contribution is -2.50. The van der Waals surface area contributed by atoms with Gasteiger partial charge in [0, 0.05) is 0 Å². The Morgan fingerprint density at radius 3 is 2.10 bits per heavy atom. The molecule has 40 heavy (non-hydrogen) atoms. The summed E-state index contributed by atoms with van der Waals surface area (Å²) in [6.07, 6.45) is -5.33. The van der Waals surface area contributed by atoms with Crippen molar-refractivity contribution < 1.29 is 76.7 Å². The molecular weight excluding hydrogens is 617 g/mol. The molecule has 1 fully saturated rings. The number of imidazole rings is 1. The van der Waals surface area contributed by atoms with Crippen LogP contribution in [0.15, 0.2) is 11.1 Å². The van der Waals surface area contributed by atoms with E-state index in [2.05, 4.69) is 28.1 Å². The molecule has 0 aromatic carbocycles. The minimum absolute atomic E-state index is 0.115. The topological polar surface area (TPSA) is 386 Å². The molecule has 2 aromatic rings. The Morgan fingerprint density at radius 2 is 1.60 bits per heavy atom. The minimum Gasteiger partial charge on any atom is -0.394 e. The van der Waals surface area contributed by atoms with E-state index in [1.807, 2.05) is 0 Å². The van der Waals surface area contributed by atoms with Crippen molar-refractivity contribution in [3.63, 3.8) is 0 Å². The lowest BCUT2D eigenvalue weighted by Gasteiger charge is -2.20. The van der Waals surface area contributed by atoms with Crippen molar-refractivity contribution in [3.05, 3.63) is 16.7 Å². The van der Waals surface area contributed by atoms with E-state index >= 15 is 0 Å². The average Bonchev–Trinajstić information content (AvgIpc) is 3.36. The number of phosphoric ester groups is 1. The summed E-state index contributed by atoms with van der Waals surface area (Å²) >= 11 is 0. The van der Waals surface area contributed by atoms with E-state index in [-0.39, 0.29) is 17.1 Å². The summed E-state index contributed by atoms with van der Waals surface area (Å²) in [6, 6.07) is 0. The van der Waals surface area contributed by atoms with Crippen LogP contribution in [-0.2, 0) is 31.6 Å². The summed E-state index contributed by atoms with van der Waals surface area (Å²) in [5.41, 5.74) is 8.44. The predicted octanol–water partition coefficient (Wildman–Crippen LogP) is -4.67. The van der Waals surface area contributed by atoms with Crippen LogP contribution in [0.25, 0.3) is 11.2 Å². The molecule has 230 valence electrons. The lowest BCUT2D eigenvalue weighted by molar-refractivity contribution is -0.0503. The standard InChI is InChI=1S/C10H16N5O14P3.C4H11NO3/c11-10-13-7-4(8(18)14-10)12-2-15(7)9-6(17)5(16)3(27-9)1-26-31(22,23)29-32(24,25)28-30(19,20)21;5-4(1-6,2-7)3-8/h2-3,5-6,9,16-17H,1H2,(H,22,23)(H,24,25)(H2,19,20,21)(H3,11,13,14,18);6-8H,1-3,5H2/t3-,5-,6-,9-;/m1./s1. The molecule has 0 aliphatic carbocycles. The highest BCUT2D eigenvalue weighted by atomic mass is 31.3. The normalized spacial score (nSPS) is 24.8. The van der Waals surface area contributed by atoms with Crippen LogP contribution in [0.3, 0.4) is 0 Å². The van der Waals surface area contributed by atoms with E-state index in [9.17, 15) is 33.6 Å². The maximum Gasteiger partial charge on any atom is 0.490 e. The number of phosphoric acid groups is 3. The first-order valence-corrected chi connectivity index (χ1v) is 14.9. The predicted molar refractivity (Wildman–Crippen MR) is 126 cm³/mol. The molecule has 0 amide bonds. The number of aromatic nitrogens is 4. The molecule has 2 aromatic heterocycles. The van der Waals surface area contributed by atoms with Gasteiger partial charge in [0.2, 0.25) is 5.95 Å². The second kappa shape index (κ2) is 13.1. The number of fused-ring (bicyclic) bond motifs is 1. The molecule has 1 aliphatic heterocycles. The largest absolute Gasteiger partial charge is 0.490 e. The van der Waals surface area contributed by atoms with Crippen LogP contribution >= 0.6 is 23.5 Å².